The molecule has 1 aromatic carbocycles. The van der Waals surface area contributed by atoms with Crippen LogP contribution in [0.5, 0.6) is 0 Å². The number of aryl methyl sites for hydroxylation is 2. The van der Waals surface area contributed by atoms with Crippen LogP contribution in [0.3, 0.4) is 0 Å². The van der Waals surface area contributed by atoms with Gasteiger partial charge in [0, 0.05) is 0 Å². The SMILES string of the molecule is Cc1cc(S(=O)(=O)N[C@H](C(=O)O)[C@H](C)O)cc(C)c1F. The highest BCUT2D eigenvalue weighted by Crippen LogP contribution is 2.19. The van der Waals surface area contributed by atoms with Gasteiger partial charge in [-0.15, -0.1) is 0 Å². The number of aliphatic hydroxyl groups excluding tert-OH is 1. The molecule has 3 N–H and O–H groups in total. The van der Waals surface area contributed by atoms with Crippen LogP contribution >= 0.6 is 0 Å². The maximum atomic E-state index is 13.5. The molecule has 0 aliphatic carbocycles. The van der Waals surface area contributed by atoms with Gasteiger partial charge in [-0.1, -0.05) is 0 Å². The highest BCUT2D eigenvalue weighted by Gasteiger charge is 2.29. The van der Waals surface area contributed by atoms with E-state index in [0.717, 1.165) is 19.1 Å². The van der Waals surface area contributed by atoms with E-state index in [2.05, 4.69) is 0 Å². The molecule has 0 aromatic heterocycles. The van der Waals surface area contributed by atoms with Crippen LogP contribution in [0.2, 0.25) is 0 Å². The van der Waals surface area contributed by atoms with Crippen molar-refractivity contribution >= 4 is 16.0 Å². The quantitative estimate of drug-likeness (QED) is 0.737. The van der Waals surface area contributed by atoms with Crippen LogP contribution < -0.4 is 4.72 Å². The second kappa shape index (κ2) is 5.86. The minimum atomic E-state index is -4.17. The molecule has 6 nitrogen and oxygen atoms in total. The van der Waals surface area contributed by atoms with Crippen LogP contribution in [0.1, 0.15) is 18.1 Å². The summed E-state index contributed by atoms with van der Waals surface area (Å²) in [5.41, 5.74) is 0.267. The fraction of sp³-hybridized carbons (Fsp3) is 0.417. The molecule has 0 radical (unpaired) electrons. The number of carbonyl (C=O) groups is 1. The molecule has 112 valence electrons. The van der Waals surface area contributed by atoms with Crippen molar-refractivity contribution in [1.82, 2.24) is 4.72 Å². The van der Waals surface area contributed by atoms with Gasteiger partial charge in [-0.3, -0.25) is 4.79 Å². The number of hydrogen-bond acceptors (Lipinski definition) is 4. The van der Waals surface area contributed by atoms with Crippen molar-refractivity contribution in [1.29, 1.82) is 0 Å². The summed E-state index contributed by atoms with van der Waals surface area (Å²) in [5, 5.41) is 18.1. The van der Waals surface area contributed by atoms with Gasteiger partial charge in [0.25, 0.3) is 0 Å². The van der Waals surface area contributed by atoms with Gasteiger partial charge in [-0.05, 0) is 44.0 Å². The highest BCUT2D eigenvalue weighted by atomic mass is 32.2. The molecule has 0 saturated heterocycles. The Hall–Kier alpha value is -1.51. The Balaban J connectivity index is 3.21. The number of sulfonamides is 1. The molecule has 0 aliphatic rings. The average molecular weight is 305 g/mol. The third-order valence-electron chi connectivity index (χ3n) is 2.75. The molecule has 0 heterocycles. The normalized spacial score (nSPS) is 14.8. The highest BCUT2D eigenvalue weighted by molar-refractivity contribution is 7.89. The first-order valence-corrected chi connectivity index (χ1v) is 7.24. The number of nitrogens with one attached hydrogen (secondary N) is 1. The summed E-state index contributed by atoms with van der Waals surface area (Å²) >= 11 is 0. The number of rotatable bonds is 5. The van der Waals surface area contributed by atoms with Crippen molar-refractivity contribution in [2.45, 2.75) is 37.8 Å². The third kappa shape index (κ3) is 3.53. The summed E-state index contributed by atoms with van der Waals surface area (Å²) < 4.78 is 39.5. The topological polar surface area (TPSA) is 104 Å². The van der Waals surface area contributed by atoms with Crippen LogP contribution in [0, 0.1) is 19.7 Å². The maximum absolute atomic E-state index is 13.5. The molecular weight excluding hydrogens is 289 g/mol. The van der Waals surface area contributed by atoms with Gasteiger partial charge in [0.2, 0.25) is 10.0 Å². The lowest BCUT2D eigenvalue weighted by Gasteiger charge is -2.17. The lowest BCUT2D eigenvalue weighted by Crippen LogP contribution is -2.47. The molecule has 2 atom stereocenters. The number of benzene rings is 1. The van der Waals surface area contributed by atoms with Gasteiger partial charge in [0.1, 0.15) is 11.9 Å². The minimum Gasteiger partial charge on any atom is -0.480 e. The third-order valence-corrected chi connectivity index (χ3v) is 4.17. The Morgan fingerprint density at radius 3 is 2.10 bits per heavy atom. The van der Waals surface area contributed by atoms with Crippen molar-refractivity contribution in [3.8, 4) is 0 Å². The molecule has 0 fully saturated rings. The van der Waals surface area contributed by atoms with Crippen LogP contribution in [-0.2, 0) is 14.8 Å². The Morgan fingerprint density at radius 1 is 1.30 bits per heavy atom. The van der Waals surface area contributed by atoms with Crippen LogP contribution in [0.15, 0.2) is 17.0 Å². The molecule has 20 heavy (non-hydrogen) atoms. The van der Waals surface area contributed by atoms with E-state index in [1.807, 2.05) is 4.72 Å². The van der Waals surface area contributed by atoms with E-state index in [0.29, 0.717) is 0 Å². The summed E-state index contributed by atoms with van der Waals surface area (Å²) in [7, 11) is -4.17. The van der Waals surface area contributed by atoms with Crippen molar-refractivity contribution in [3.05, 3.63) is 29.1 Å². The summed E-state index contributed by atoms with van der Waals surface area (Å²) in [6.07, 6.45) is -1.41. The zero-order valence-electron chi connectivity index (χ0n) is 11.2. The monoisotopic (exact) mass is 305 g/mol. The Kier molecular flexibility index (Phi) is 4.85. The average Bonchev–Trinajstić information content (AvgIpc) is 2.31. The fourth-order valence-corrected chi connectivity index (χ4v) is 3.08. The number of halogens is 1. The van der Waals surface area contributed by atoms with E-state index >= 15 is 0 Å². The van der Waals surface area contributed by atoms with Crippen molar-refractivity contribution in [2.75, 3.05) is 0 Å². The lowest BCUT2D eigenvalue weighted by atomic mass is 10.1. The van der Waals surface area contributed by atoms with E-state index in [1.54, 1.807) is 0 Å². The molecular formula is C12H16FNO5S. The predicted octanol–water partition coefficient (Wildman–Crippen LogP) is 0.555. The number of carboxylic acids is 1. The second-order valence-electron chi connectivity index (χ2n) is 4.55. The van der Waals surface area contributed by atoms with Gasteiger partial charge in [0.05, 0.1) is 11.0 Å². The molecule has 1 aromatic rings. The first-order chi connectivity index (χ1) is 9.06. The van der Waals surface area contributed by atoms with E-state index in [-0.39, 0.29) is 16.0 Å². The molecule has 0 aliphatic heterocycles. The molecule has 0 unspecified atom stereocenters. The lowest BCUT2D eigenvalue weighted by molar-refractivity contribution is -0.141. The van der Waals surface area contributed by atoms with Gasteiger partial charge < -0.3 is 10.2 Å². The Labute approximate surface area is 116 Å². The second-order valence-corrected chi connectivity index (χ2v) is 6.26. The minimum absolute atomic E-state index is 0.134. The Morgan fingerprint density at radius 2 is 1.75 bits per heavy atom. The van der Waals surface area contributed by atoms with E-state index in [4.69, 9.17) is 5.11 Å². The Bertz CT molecular complexity index is 604. The molecule has 8 heteroatoms. The van der Waals surface area contributed by atoms with Crippen molar-refractivity contribution < 1.29 is 27.8 Å². The molecule has 0 bridgehead atoms. The first kappa shape index (κ1) is 16.5. The summed E-state index contributed by atoms with van der Waals surface area (Å²) in [5.74, 6) is -2.02. The molecule has 0 spiro atoms. The largest absolute Gasteiger partial charge is 0.480 e. The van der Waals surface area contributed by atoms with Gasteiger partial charge in [-0.25, -0.2) is 12.8 Å². The summed E-state index contributed by atoms with van der Waals surface area (Å²) in [4.78, 5) is 10.6. The smallest absolute Gasteiger partial charge is 0.324 e. The number of carboxylic acid groups (broad SMARTS) is 1. The maximum Gasteiger partial charge on any atom is 0.324 e. The van der Waals surface area contributed by atoms with Gasteiger partial charge in [-0.2, -0.15) is 4.72 Å². The van der Waals surface area contributed by atoms with Gasteiger partial charge >= 0.3 is 5.97 Å². The molecule has 0 saturated carbocycles. The zero-order chi connectivity index (χ0) is 15.7. The number of hydrogen-bond donors (Lipinski definition) is 3. The molecule has 1 rings (SSSR count). The van der Waals surface area contributed by atoms with Crippen molar-refractivity contribution in [3.63, 3.8) is 0 Å². The van der Waals surface area contributed by atoms with Crippen LogP contribution in [-0.4, -0.2) is 36.7 Å². The first-order valence-electron chi connectivity index (χ1n) is 5.76. The van der Waals surface area contributed by atoms with Crippen LogP contribution in [0.25, 0.3) is 0 Å². The van der Waals surface area contributed by atoms with Crippen LogP contribution in [0.4, 0.5) is 4.39 Å². The van der Waals surface area contributed by atoms with E-state index < -0.39 is 34.0 Å². The predicted molar refractivity (Wildman–Crippen MR) is 69.3 cm³/mol. The standard InChI is InChI=1S/C12H16FNO5S/c1-6-4-9(5-7(2)10(6)13)20(18,19)14-11(8(3)15)12(16)17/h4-5,8,11,14-15H,1-3H3,(H,16,17)/t8-,11-/m0/s1. The molecule has 0 amide bonds. The summed E-state index contributed by atoms with van der Waals surface area (Å²) in [6.45, 7) is 3.97. The zero-order valence-corrected chi connectivity index (χ0v) is 12.0. The van der Waals surface area contributed by atoms with Gasteiger partial charge in [0.15, 0.2) is 0 Å². The number of aliphatic hydroxyl groups is 1. The van der Waals surface area contributed by atoms with E-state index in [1.165, 1.54) is 13.8 Å². The summed E-state index contributed by atoms with van der Waals surface area (Å²) in [6, 6.07) is 0.530. The fourth-order valence-electron chi connectivity index (χ4n) is 1.65. The number of aliphatic carboxylic acids is 1. The van der Waals surface area contributed by atoms with E-state index in [9.17, 15) is 22.7 Å². The van der Waals surface area contributed by atoms with Crippen molar-refractivity contribution in [2.24, 2.45) is 0 Å².